The van der Waals surface area contributed by atoms with Gasteiger partial charge < -0.3 is 14.0 Å². The van der Waals surface area contributed by atoms with E-state index in [0.717, 1.165) is 24.6 Å². The Morgan fingerprint density at radius 2 is 1.96 bits per heavy atom. The van der Waals surface area contributed by atoms with Gasteiger partial charge in [0, 0.05) is 23.3 Å². The molecule has 1 aromatic carbocycles. The third kappa shape index (κ3) is 5.67. The van der Waals surface area contributed by atoms with Crippen LogP contribution in [0, 0.1) is 11.6 Å². The van der Waals surface area contributed by atoms with E-state index in [1.165, 1.54) is 0 Å². The highest BCUT2D eigenvalue weighted by Gasteiger charge is 2.31. The van der Waals surface area contributed by atoms with Crippen LogP contribution in [0.3, 0.4) is 0 Å². The number of hydrogen-bond acceptors (Lipinski definition) is 4. The van der Waals surface area contributed by atoms with Crippen molar-refractivity contribution < 1.29 is 22.8 Å². The smallest absolute Gasteiger partial charge is 0.157 e. The van der Waals surface area contributed by atoms with Gasteiger partial charge in [0.25, 0.3) is 0 Å². The fraction of sp³-hybridized carbons (Fsp3) is 0.647. The van der Waals surface area contributed by atoms with Crippen LogP contribution in [0.5, 0.6) is 0 Å². The van der Waals surface area contributed by atoms with Crippen LogP contribution in [-0.4, -0.2) is 28.8 Å². The standard InChI is InChI=1S/C17H25F2NO3S/c1-17(2,3)24(21)20-15(7-8-16-22-9-4-10-23-16)13-11-12(18)5-6-14(13)19/h5-6,11,15-16,20H,4,7-10H2,1-3H3/t15?,24-/m1/s1. The first-order valence-corrected chi connectivity index (χ1v) is 9.28. The topological polar surface area (TPSA) is 53.5 Å². The highest BCUT2D eigenvalue weighted by atomic mass is 32.2. The lowest BCUT2D eigenvalue weighted by atomic mass is 10.0. The Bertz CT molecular complexity index is 533. The SMILES string of the molecule is CC(C)(C)[S@@+]([O-])NC(CCC1OCCCO1)c1cc(F)ccc1F. The largest absolute Gasteiger partial charge is 0.598 e. The summed E-state index contributed by atoms with van der Waals surface area (Å²) in [4.78, 5) is 0. The monoisotopic (exact) mass is 361 g/mol. The molecule has 2 atom stereocenters. The summed E-state index contributed by atoms with van der Waals surface area (Å²) in [6.07, 6.45) is 1.43. The van der Waals surface area contributed by atoms with Crippen LogP contribution < -0.4 is 4.72 Å². The first kappa shape index (κ1) is 19.6. The van der Waals surface area contributed by atoms with Gasteiger partial charge in [-0.05, 0) is 51.8 Å². The molecule has 0 spiro atoms. The van der Waals surface area contributed by atoms with Gasteiger partial charge in [-0.2, -0.15) is 0 Å². The van der Waals surface area contributed by atoms with Crippen LogP contribution in [0.25, 0.3) is 0 Å². The summed E-state index contributed by atoms with van der Waals surface area (Å²) < 4.78 is 53.5. The van der Waals surface area contributed by atoms with Crippen LogP contribution in [0.2, 0.25) is 0 Å². The third-order valence-corrected chi connectivity index (χ3v) is 5.34. The fourth-order valence-corrected chi connectivity index (χ4v) is 3.23. The van der Waals surface area contributed by atoms with Crippen molar-refractivity contribution in [1.82, 2.24) is 4.72 Å². The van der Waals surface area contributed by atoms with Gasteiger partial charge in [-0.15, -0.1) is 4.72 Å². The van der Waals surface area contributed by atoms with Gasteiger partial charge in [-0.3, -0.25) is 0 Å². The summed E-state index contributed by atoms with van der Waals surface area (Å²) >= 11 is -1.41. The first-order valence-electron chi connectivity index (χ1n) is 8.13. The van der Waals surface area contributed by atoms with E-state index in [1.54, 1.807) is 0 Å². The average molecular weight is 361 g/mol. The van der Waals surface area contributed by atoms with Crippen molar-refractivity contribution in [3.05, 3.63) is 35.4 Å². The minimum Gasteiger partial charge on any atom is -0.598 e. The van der Waals surface area contributed by atoms with E-state index in [0.29, 0.717) is 26.1 Å². The molecule has 2 rings (SSSR count). The van der Waals surface area contributed by atoms with E-state index in [4.69, 9.17) is 9.47 Å². The van der Waals surface area contributed by atoms with Crippen LogP contribution >= 0.6 is 0 Å². The van der Waals surface area contributed by atoms with Crippen molar-refractivity contribution in [1.29, 1.82) is 0 Å². The molecule has 1 aromatic rings. The molecule has 1 aliphatic rings. The van der Waals surface area contributed by atoms with Gasteiger partial charge in [0.2, 0.25) is 0 Å². The molecule has 0 amide bonds. The summed E-state index contributed by atoms with van der Waals surface area (Å²) in [6, 6.07) is 2.72. The summed E-state index contributed by atoms with van der Waals surface area (Å²) in [6.45, 7) is 6.73. The molecule has 1 heterocycles. The van der Waals surface area contributed by atoms with E-state index in [-0.39, 0.29) is 11.9 Å². The van der Waals surface area contributed by atoms with Crippen LogP contribution in [0.15, 0.2) is 18.2 Å². The van der Waals surface area contributed by atoms with Gasteiger partial charge in [0.05, 0.1) is 19.3 Å². The number of hydrogen-bond donors (Lipinski definition) is 1. The van der Waals surface area contributed by atoms with Crippen LogP contribution in [0.4, 0.5) is 8.78 Å². The van der Waals surface area contributed by atoms with Crippen molar-refractivity contribution >= 4 is 11.4 Å². The minimum absolute atomic E-state index is 0.170. The van der Waals surface area contributed by atoms with Crippen LogP contribution in [-0.2, 0) is 20.8 Å². The van der Waals surface area contributed by atoms with Crippen LogP contribution in [0.1, 0.15) is 51.6 Å². The zero-order chi connectivity index (χ0) is 17.7. The molecule has 136 valence electrons. The maximum atomic E-state index is 14.2. The lowest BCUT2D eigenvalue weighted by Gasteiger charge is -2.30. The Kier molecular flexibility index (Phi) is 7.00. The highest BCUT2D eigenvalue weighted by Crippen LogP contribution is 2.27. The number of benzene rings is 1. The maximum absolute atomic E-state index is 14.2. The maximum Gasteiger partial charge on any atom is 0.157 e. The molecule has 4 nitrogen and oxygen atoms in total. The lowest BCUT2D eigenvalue weighted by Crippen LogP contribution is -2.42. The molecule has 1 N–H and O–H groups in total. The second-order valence-electron chi connectivity index (χ2n) is 6.82. The molecular formula is C17H25F2NO3S. The van der Waals surface area contributed by atoms with Crippen molar-refractivity contribution in [2.24, 2.45) is 0 Å². The number of ether oxygens (including phenoxy) is 2. The molecule has 1 fully saturated rings. The van der Waals surface area contributed by atoms with Gasteiger partial charge >= 0.3 is 0 Å². The summed E-state index contributed by atoms with van der Waals surface area (Å²) in [5, 5.41) is 0. The molecule has 0 bridgehead atoms. The second kappa shape index (κ2) is 8.58. The Labute approximate surface area is 145 Å². The van der Waals surface area contributed by atoms with E-state index in [9.17, 15) is 13.3 Å². The predicted octanol–water partition coefficient (Wildman–Crippen LogP) is 3.60. The van der Waals surface area contributed by atoms with E-state index >= 15 is 0 Å². The third-order valence-electron chi connectivity index (χ3n) is 3.73. The Balaban J connectivity index is 2.12. The van der Waals surface area contributed by atoms with Crippen molar-refractivity contribution in [3.63, 3.8) is 0 Å². The Hall–Kier alpha value is -0.730. The number of rotatable bonds is 6. The second-order valence-corrected chi connectivity index (χ2v) is 8.82. The molecule has 0 aromatic heterocycles. The normalized spacial score (nSPS) is 19.2. The molecule has 1 unspecified atom stereocenters. The molecule has 24 heavy (non-hydrogen) atoms. The molecular weight excluding hydrogens is 336 g/mol. The Morgan fingerprint density at radius 1 is 1.29 bits per heavy atom. The molecule has 1 saturated heterocycles. The molecule has 1 aliphatic heterocycles. The van der Waals surface area contributed by atoms with Crippen molar-refractivity contribution in [2.45, 2.75) is 57.1 Å². The van der Waals surface area contributed by atoms with Gasteiger partial charge in [0.15, 0.2) is 6.29 Å². The zero-order valence-corrected chi connectivity index (χ0v) is 15.1. The van der Waals surface area contributed by atoms with Crippen molar-refractivity contribution in [3.8, 4) is 0 Å². The molecule has 0 aliphatic carbocycles. The average Bonchev–Trinajstić information content (AvgIpc) is 2.53. The summed E-state index contributed by atoms with van der Waals surface area (Å²) in [7, 11) is 0. The fourth-order valence-electron chi connectivity index (χ4n) is 2.37. The number of nitrogens with one attached hydrogen (secondary N) is 1. The van der Waals surface area contributed by atoms with Gasteiger partial charge in [-0.25, -0.2) is 8.78 Å². The molecule has 0 radical (unpaired) electrons. The zero-order valence-electron chi connectivity index (χ0n) is 14.3. The predicted molar refractivity (Wildman–Crippen MR) is 89.7 cm³/mol. The van der Waals surface area contributed by atoms with E-state index in [1.807, 2.05) is 20.8 Å². The molecule has 0 saturated carbocycles. The van der Waals surface area contributed by atoms with E-state index in [2.05, 4.69) is 4.72 Å². The van der Waals surface area contributed by atoms with Gasteiger partial charge in [0.1, 0.15) is 16.4 Å². The number of halogens is 2. The molecule has 7 heteroatoms. The summed E-state index contributed by atoms with van der Waals surface area (Å²) in [5.74, 6) is -1.05. The first-order chi connectivity index (χ1) is 11.3. The highest BCUT2D eigenvalue weighted by molar-refractivity contribution is 7.90. The van der Waals surface area contributed by atoms with E-state index < -0.39 is 33.8 Å². The van der Waals surface area contributed by atoms with Crippen molar-refractivity contribution in [2.75, 3.05) is 13.2 Å². The lowest BCUT2D eigenvalue weighted by molar-refractivity contribution is -0.182. The quantitative estimate of drug-likeness (QED) is 0.787. The minimum atomic E-state index is -1.41. The van der Waals surface area contributed by atoms with Gasteiger partial charge in [-0.1, -0.05) is 0 Å². The Morgan fingerprint density at radius 3 is 2.58 bits per heavy atom. The summed E-state index contributed by atoms with van der Waals surface area (Å²) in [5.41, 5.74) is 0.170.